The number of fused-ring (bicyclic) bond motifs is 1. The molecule has 0 saturated heterocycles. The molecule has 0 unspecified atom stereocenters. The molecule has 124 valence electrons. The summed E-state index contributed by atoms with van der Waals surface area (Å²) in [6.07, 6.45) is 0. The lowest BCUT2D eigenvalue weighted by Gasteiger charge is -2.12. The maximum absolute atomic E-state index is 12.4. The van der Waals surface area contributed by atoms with Gasteiger partial charge in [0.1, 0.15) is 0 Å². The zero-order chi connectivity index (χ0) is 17.1. The van der Waals surface area contributed by atoms with Crippen LogP contribution in [0.15, 0.2) is 58.2 Å². The van der Waals surface area contributed by atoms with Crippen LogP contribution in [0, 0.1) is 0 Å². The number of carbonyl (C=O) groups is 1. The van der Waals surface area contributed by atoms with E-state index in [4.69, 9.17) is 0 Å². The van der Waals surface area contributed by atoms with Crippen molar-refractivity contribution >= 4 is 44.9 Å². The molecule has 1 amide bonds. The van der Waals surface area contributed by atoms with Gasteiger partial charge >= 0.3 is 4.87 Å². The molecule has 0 fully saturated rings. The number of benzene rings is 2. The lowest BCUT2D eigenvalue weighted by atomic mass is 10.3. The monoisotopic (exact) mass is 358 g/mol. The van der Waals surface area contributed by atoms with E-state index in [-0.39, 0.29) is 16.0 Å². The van der Waals surface area contributed by atoms with Crippen molar-refractivity contribution in [1.82, 2.24) is 4.57 Å². The smallest absolute Gasteiger partial charge is 0.308 e. The van der Waals surface area contributed by atoms with Crippen molar-refractivity contribution in [1.29, 1.82) is 0 Å². The fourth-order valence-corrected chi connectivity index (χ4v) is 4.33. The molecule has 0 aliphatic heterocycles. The van der Waals surface area contributed by atoms with E-state index in [9.17, 15) is 9.59 Å². The minimum Gasteiger partial charge on any atom is -0.325 e. The molecular weight excluding hydrogens is 340 g/mol. The van der Waals surface area contributed by atoms with E-state index in [1.165, 1.54) is 23.1 Å². The van der Waals surface area contributed by atoms with Crippen molar-refractivity contribution in [2.24, 2.45) is 0 Å². The Balaban J connectivity index is 1.74. The number of carbonyl (C=O) groups excluding carboxylic acids is 1. The molecular formula is C18H18N2O2S2. The van der Waals surface area contributed by atoms with Crippen LogP contribution in [0.5, 0.6) is 0 Å². The van der Waals surface area contributed by atoms with Gasteiger partial charge in [0.2, 0.25) is 5.91 Å². The average Bonchev–Trinajstić information content (AvgIpc) is 2.89. The fraction of sp³-hybridized carbons (Fsp3) is 0.222. The third-order valence-corrected chi connectivity index (χ3v) is 5.73. The topological polar surface area (TPSA) is 51.1 Å². The van der Waals surface area contributed by atoms with Crippen molar-refractivity contribution in [2.75, 3.05) is 5.32 Å². The van der Waals surface area contributed by atoms with Gasteiger partial charge in [-0.25, -0.2) is 0 Å². The molecule has 0 radical (unpaired) electrons. The number of nitrogens with zero attached hydrogens (tertiary/aromatic N) is 1. The second-order valence-corrected chi connectivity index (χ2v) is 7.76. The number of anilines is 1. The summed E-state index contributed by atoms with van der Waals surface area (Å²) in [5, 5.41) is 2.73. The van der Waals surface area contributed by atoms with E-state index in [0.717, 1.165) is 20.8 Å². The normalized spacial score (nSPS) is 12.2. The second-order valence-electron chi connectivity index (χ2n) is 5.36. The van der Waals surface area contributed by atoms with Crippen LogP contribution < -0.4 is 10.2 Å². The molecule has 3 aromatic rings. The largest absolute Gasteiger partial charge is 0.325 e. The van der Waals surface area contributed by atoms with Crippen molar-refractivity contribution < 1.29 is 4.79 Å². The summed E-state index contributed by atoms with van der Waals surface area (Å²) in [4.78, 5) is 25.4. The molecule has 24 heavy (non-hydrogen) atoms. The van der Waals surface area contributed by atoms with Gasteiger partial charge in [0, 0.05) is 17.1 Å². The third-order valence-electron chi connectivity index (χ3n) is 3.68. The predicted octanol–water partition coefficient (Wildman–Crippen LogP) is 4.20. The number of aromatic nitrogens is 1. The van der Waals surface area contributed by atoms with Gasteiger partial charge in [-0.1, -0.05) is 29.5 Å². The highest BCUT2D eigenvalue weighted by Crippen LogP contribution is 2.25. The summed E-state index contributed by atoms with van der Waals surface area (Å²) >= 11 is 2.73. The van der Waals surface area contributed by atoms with Crippen LogP contribution in [0.2, 0.25) is 0 Å². The lowest BCUT2D eigenvalue weighted by Crippen LogP contribution is -2.22. The first-order valence-electron chi connectivity index (χ1n) is 7.74. The number of aryl methyl sites for hydroxylation is 1. The van der Waals surface area contributed by atoms with Gasteiger partial charge in [-0.05, 0) is 44.2 Å². The summed E-state index contributed by atoms with van der Waals surface area (Å²) in [7, 11) is 0. The average molecular weight is 358 g/mol. The molecule has 1 atom stereocenters. The first-order chi connectivity index (χ1) is 11.6. The molecule has 1 N–H and O–H groups in total. The molecule has 1 heterocycles. The van der Waals surface area contributed by atoms with E-state index >= 15 is 0 Å². The molecule has 1 aromatic heterocycles. The minimum absolute atomic E-state index is 0.0315. The van der Waals surface area contributed by atoms with E-state index in [0.29, 0.717) is 6.54 Å². The number of hydrogen-bond donors (Lipinski definition) is 1. The maximum Gasteiger partial charge on any atom is 0.308 e. The van der Waals surface area contributed by atoms with Crippen molar-refractivity contribution in [3.05, 3.63) is 58.2 Å². The molecule has 0 aliphatic carbocycles. The number of thioether (sulfide) groups is 1. The van der Waals surface area contributed by atoms with Gasteiger partial charge in [0.15, 0.2) is 0 Å². The zero-order valence-electron chi connectivity index (χ0n) is 13.5. The molecule has 0 bridgehead atoms. The Morgan fingerprint density at radius 1 is 1.25 bits per heavy atom. The first kappa shape index (κ1) is 16.8. The van der Waals surface area contributed by atoms with Gasteiger partial charge in [-0.15, -0.1) is 11.8 Å². The number of thiazole rings is 1. The van der Waals surface area contributed by atoms with Crippen LogP contribution in [0.1, 0.15) is 13.8 Å². The Labute approximate surface area is 148 Å². The molecule has 6 heteroatoms. The van der Waals surface area contributed by atoms with Crippen LogP contribution in [0.3, 0.4) is 0 Å². The molecule has 0 spiro atoms. The Morgan fingerprint density at radius 3 is 2.71 bits per heavy atom. The molecule has 0 saturated carbocycles. The Hall–Kier alpha value is -2.05. The van der Waals surface area contributed by atoms with E-state index in [1.807, 2.05) is 62.4 Å². The Morgan fingerprint density at radius 2 is 2.00 bits per heavy atom. The van der Waals surface area contributed by atoms with Gasteiger partial charge in [0.05, 0.1) is 15.5 Å². The zero-order valence-corrected chi connectivity index (χ0v) is 15.1. The standard InChI is InChI=1S/C18H18N2O2S2/c1-3-20-15-10-9-13(11-16(15)24-18(20)22)19-17(21)12(2)23-14-7-5-4-6-8-14/h4-12H,3H2,1-2H3,(H,19,21)/t12-/m1/s1. The summed E-state index contributed by atoms with van der Waals surface area (Å²) in [5.74, 6) is -0.0505. The van der Waals surface area contributed by atoms with Gasteiger partial charge < -0.3 is 5.32 Å². The summed E-state index contributed by atoms with van der Waals surface area (Å²) in [5.41, 5.74) is 1.63. The molecule has 0 aliphatic rings. The Kier molecular flexibility index (Phi) is 5.06. The van der Waals surface area contributed by atoms with Crippen molar-refractivity contribution in [2.45, 2.75) is 30.5 Å². The van der Waals surface area contributed by atoms with Crippen LogP contribution in [0.4, 0.5) is 5.69 Å². The number of rotatable bonds is 5. The Bertz CT molecular complexity index is 916. The van der Waals surface area contributed by atoms with Gasteiger partial charge in [-0.3, -0.25) is 14.2 Å². The highest BCUT2D eigenvalue weighted by Gasteiger charge is 2.15. The molecule has 4 nitrogen and oxygen atoms in total. The summed E-state index contributed by atoms with van der Waals surface area (Å²) in [6, 6.07) is 15.5. The van der Waals surface area contributed by atoms with E-state index in [1.54, 1.807) is 4.57 Å². The number of nitrogens with one attached hydrogen (secondary N) is 1. The van der Waals surface area contributed by atoms with Crippen LogP contribution in [-0.2, 0) is 11.3 Å². The second kappa shape index (κ2) is 7.23. The number of hydrogen-bond acceptors (Lipinski definition) is 4. The minimum atomic E-state index is -0.206. The highest BCUT2D eigenvalue weighted by atomic mass is 32.2. The molecule has 3 rings (SSSR count). The quantitative estimate of drug-likeness (QED) is 0.695. The highest BCUT2D eigenvalue weighted by molar-refractivity contribution is 8.00. The molecule has 2 aromatic carbocycles. The predicted molar refractivity (Wildman–Crippen MR) is 102 cm³/mol. The van der Waals surface area contributed by atoms with Gasteiger partial charge in [-0.2, -0.15) is 0 Å². The third kappa shape index (κ3) is 3.55. The maximum atomic E-state index is 12.4. The van der Waals surface area contributed by atoms with Crippen molar-refractivity contribution in [3.8, 4) is 0 Å². The lowest BCUT2D eigenvalue weighted by molar-refractivity contribution is -0.115. The summed E-state index contributed by atoms with van der Waals surface area (Å²) < 4.78 is 2.63. The fourth-order valence-electron chi connectivity index (χ4n) is 2.44. The van der Waals surface area contributed by atoms with Crippen LogP contribution in [0.25, 0.3) is 10.2 Å². The SMILES string of the molecule is CCn1c(=O)sc2cc(NC(=O)[C@@H](C)Sc3ccccc3)ccc21. The first-order valence-corrected chi connectivity index (χ1v) is 9.44. The van der Waals surface area contributed by atoms with Crippen LogP contribution >= 0.6 is 23.1 Å². The van der Waals surface area contributed by atoms with Crippen molar-refractivity contribution in [3.63, 3.8) is 0 Å². The van der Waals surface area contributed by atoms with Crippen LogP contribution in [-0.4, -0.2) is 15.7 Å². The summed E-state index contributed by atoms with van der Waals surface area (Å²) in [6.45, 7) is 4.48. The van der Waals surface area contributed by atoms with E-state index < -0.39 is 0 Å². The van der Waals surface area contributed by atoms with Gasteiger partial charge in [0.25, 0.3) is 0 Å². The van der Waals surface area contributed by atoms with E-state index in [2.05, 4.69) is 5.32 Å². The number of amides is 1.